The molecule has 0 aromatic carbocycles. The third-order valence-corrected chi connectivity index (χ3v) is 6.07. The third kappa shape index (κ3) is 2.71. The van der Waals surface area contributed by atoms with Gasteiger partial charge in [0.1, 0.15) is 16.3 Å². The summed E-state index contributed by atoms with van der Waals surface area (Å²) in [7, 11) is 0. The zero-order valence-electron chi connectivity index (χ0n) is 12.4. The monoisotopic (exact) mass is 349 g/mol. The van der Waals surface area contributed by atoms with E-state index < -0.39 is 6.35 Å². The number of thiophene rings is 1. The Morgan fingerprint density at radius 2 is 2.30 bits per heavy atom. The molecule has 2 aliphatic rings. The largest absolute Gasteiger partial charge is 0.365 e. The molecular formula is C15H16ClN5OS. The lowest BCUT2D eigenvalue weighted by Crippen LogP contribution is -2.59. The topological polar surface area (TPSA) is 85.1 Å². The second-order valence-corrected chi connectivity index (χ2v) is 7.55. The number of nitriles is 1. The minimum atomic E-state index is -0.677. The van der Waals surface area contributed by atoms with Crippen molar-refractivity contribution in [2.75, 3.05) is 13.1 Å². The van der Waals surface area contributed by atoms with E-state index in [0.29, 0.717) is 18.2 Å². The fourth-order valence-corrected chi connectivity index (χ4v) is 4.89. The Kier molecular flexibility index (Phi) is 3.95. The van der Waals surface area contributed by atoms with E-state index in [4.69, 9.17) is 16.9 Å². The number of aromatic nitrogens is 2. The third-order valence-electron chi connectivity index (χ3n) is 4.62. The van der Waals surface area contributed by atoms with E-state index in [1.807, 2.05) is 4.90 Å². The van der Waals surface area contributed by atoms with Crippen LogP contribution in [0, 0.1) is 17.2 Å². The van der Waals surface area contributed by atoms with Crippen molar-refractivity contribution < 1.29 is 5.11 Å². The molecule has 6 nitrogen and oxygen atoms in total. The Hall–Kier alpha value is -1.30. The van der Waals surface area contributed by atoms with Gasteiger partial charge in [-0.05, 0) is 24.8 Å². The van der Waals surface area contributed by atoms with E-state index in [1.54, 1.807) is 11.3 Å². The molecule has 4 rings (SSSR count). The maximum absolute atomic E-state index is 10.2. The van der Waals surface area contributed by atoms with Gasteiger partial charge in [-0.3, -0.25) is 10.2 Å². The molecule has 2 aromatic rings. The highest BCUT2D eigenvalue weighted by molar-refractivity contribution is 7.19. The van der Waals surface area contributed by atoms with Crippen LogP contribution in [-0.2, 0) is 12.8 Å². The Morgan fingerprint density at radius 1 is 1.48 bits per heavy atom. The second kappa shape index (κ2) is 5.96. The van der Waals surface area contributed by atoms with Gasteiger partial charge >= 0.3 is 0 Å². The smallest absolute Gasteiger partial charge is 0.163 e. The number of aliphatic hydroxyl groups excluding tert-OH is 1. The number of aliphatic hydroxyl groups is 1. The molecule has 0 spiro atoms. The summed E-state index contributed by atoms with van der Waals surface area (Å²) in [5.74, 6) is 0.0488. The van der Waals surface area contributed by atoms with Gasteiger partial charge < -0.3 is 5.11 Å². The molecule has 2 aromatic heterocycles. The molecule has 2 unspecified atom stereocenters. The molecule has 0 amide bonds. The lowest BCUT2D eigenvalue weighted by Gasteiger charge is -2.40. The van der Waals surface area contributed by atoms with Crippen molar-refractivity contribution in [3.63, 3.8) is 0 Å². The van der Waals surface area contributed by atoms with Crippen LogP contribution in [0.5, 0.6) is 0 Å². The van der Waals surface area contributed by atoms with Gasteiger partial charge in [-0.2, -0.15) is 5.26 Å². The first-order valence-electron chi connectivity index (χ1n) is 7.64. The Balaban J connectivity index is 1.46. The molecule has 8 heteroatoms. The number of nitrogens with zero attached hydrogens (tertiary/aromatic N) is 4. The van der Waals surface area contributed by atoms with Crippen molar-refractivity contribution in [3.05, 3.63) is 21.9 Å². The van der Waals surface area contributed by atoms with Crippen LogP contribution < -0.4 is 5.32 Å². The normalized spacial score (nSPS) is 23.3. The van der Waals surface area contributed by atoms with Crippen LogP contribution in [0.1, 0.15) is 16.9 Å². The predicted octanol–water partition coefficient (Wildman–Crippen LogP) is 1.52. The zero-order chi connectivity index (χ0) is 16.0. The summed E-state index contributed by atoms with van der Waals surface area (Å²) in [5.41, 5.74) is 1.26. The van der Waals surface area contributed by atoms with Crippen LogP contribution in [0.4, 0.5) is 0 Å². The first-order chi connectivity index (χ1) is 11.2. The standard InChI is InChI=1S/C15H16ClN5OS/c16-13-12-10-2-1-9(3-11(10)23-14(12)19-7-18-13)20-15(22)21-5-8(4-17)6-21/h7-9,15,20,22H,1-3,5-6H2. The molecular weight excluding hydrogens is 334 g/mol. The van der Waals surface area contributed by atoms with Gasteiger partial charge in [0.05, 0.1) is 17.4 Å². The molecule has 1 aliphatic carbocycles. The fourth-order valence-electron chi connectivity index (χ4n) is 3.32. The Morgan fingerprint density at radius 3 is 3.09 bits per heavy atom. The van der Waals surface area contributed by atoms with E-state index in [1.165, 1.54) is 16.8 Å². The van der Waals surface area contributed by atoms with Crippen LogP contribution >= 0.6 is 22.9 Å². The van der Waals surface area contributed by atoms with Crippen molar-refractivity contribution in [3.8, 4) is 6.07 Å². The lowest BCUT2D eigenvalue weighted by molar-refractivity contribution is -0.0786. The summed E-state index contributed by atoms with van der Waals surface area (Å²) in [5, 5.41) is 23.8. The highest BCUT2D eigenvalue weighted by Gasteiger charge is 2.33. The van der Waals surface area contributed by atoms with Crippen LogP contribution in [-0.4, -0.2) is 45.5 Å². The first-order valence-corrected chi connectivity index (χ1v) is 8.83. The zero-order valence-corrected chi connectivity index (χ0v) is 13.9. The van der Waals surface area contributed by atoms with Crippen molar-refractivity contribution in [1.29, 1.82) is 5.26 Å². The van der Waals surface area contributed by atoms with E-state index in [9.17, 15) is 5.11 Å². The SMILES string of the molecule is N#CC1CN(C(O)NC2CCc3c(sc4ncnc(Cl)c34)C2)C1. The minimum Gasteiger partial charge on any atom is -0.365 e. The lowest BCUT2D eigenvalue weighted by atomic mass is 9.93. The average molecular weight is 350 g/mol. The molecule has 1 aliphatic heterocycles. The maximum atomic E-state index is 10.2. The van der Waals surface area contributed by atoms with E-state index in [0.717, 1.165) is 29.5 Å². The summed E-state index contributed by atoms with van der Waals surface area (Å²) < 4.78 is 0. The van der Waals surface area contributed by atoms with Crippen LogP contribution in [0.15, 0.2) is 6.33 Å². The minimum absolute atomic E-state index is 0.0488. The molecule has 0 saturated carbocycles. The maximum Gasteiger partial charge on any atom is 0.163 e. The number of rotatable bonds is 3. The number of nitrogens with one attached hydrogen (secondary N) is 1. The summed E-state index contributed by atoms with van der Waals surface area (Å²) in [6.07, 6.45) is 3.54. The quantitative estimate of drug-likeness (QED) is 0.645. The van der Waals surface area contributed by atoms with Crippen molar-refractivity contribution in [2.45, 2.75) is 31.7 Å². The molecule has 23 heavy (non-hydrogen) atoms. The number of likely N-dealkylation sites (tertiary alicyclic amines) is 1. The number of hydrogen-bond donors (Lipinski definition) is 2. The van der Waals surface area contributed by atoms with Crippen molar-refractivity contribution in [1.82, 2.24) is 20.2 Å². The summed E-state index contributed by atoms with van der Waals surface area (Å²) >= 11 is 7.88. The van der Waals surface area contributed by atoms with Crippen LogP contribution in [0.3, 0.4) is 0 Å². The van der Waals surface area contributed by atoms with E-state index >= 15 is 0 Å². The van der Waals surface area contributed by atoms with Gasteiger partial charge in [-0.1, -0.05) is 11.6 Å². The van der Waals surface area contributed by atoms with Gasteiger partial charge in [-0.25, -0.2) is 9.97 Å². The molecule has 120 valence electrons. The first kappa shape index (κ1) is 15.2. The average Bonchev–Trinajstić information content (AvgIpc) is 2.85. The van der Waals surface area contributed by atoms with Gasteiger partial charge in [0.15, 0.2) is 6.35 Å². The fraction of sp³-hybridized carbons (Fsp3) is 0.533. The Labute approximate surface area is 142 Å². The highest BCUT2D eigenvalue weighted by atomic mass is 35.5. The Bertz CT molecular complexity index is 782. The van der Waals surface area contributed by atoms with E-state index in [-0.39, 0.29) is 12.0 Å². The second-order valence-electron chi connectivity index (χ2n) is 6.11. The molecule has 1 fully saturated rings. The summed E-state index contributed by atoms with van der Waals surface area (Å²) in [6, 6.07) is 2.44. The number of fused-ring (bicyclic) bond motifs is 3. The molecule has 0 bridgehead atoms. The number of aryl methyl sites for hydroxylation is 1. The molecule has 2 atom stereocenters. The van der Waals surface area contributed by atoms with Crippen LogP contribution in [0.2, 0.25) is 5.15 Å². The van der Waals surface area contributed by atoms with Crippen molar-refractivity contribution >= 4 is 33.2 Å². The van der Waals surface area contributed by atoms with Crippen LogP contribution in [0.25, 0.3) is 10.2 Å². The molecule has 3 heterocycles. The van der Waals surface area contributed by atoms with Gasteiger partial charge in [-0.15, -0.1) is 11.3 Å². The van der Waals surface area contributed by atoms with E-state index in [2.05, 4.69) is 21.4 Å². The summed E-state index contributed by atoms with van der Waals surface area (Å²) in [6.45, 7) is 1.27. The molecule has 2 N–H and O–H groups in total. The number of halogens is 1. The van der Waals surface area contributed by atoms with Gasteiger partial charge in [0.2, 0.25) is 0 Å². The highest BCUT2D eigenvalue weighted by Crippen LogP contribution is 2.38. The molecule has 1 saturated heterocycles. The van der Waals surface area contributed by atoms with Gasteiger partial charge in [0.25, 0.3) is 0 Å². The number of hydrogen-bond acceptors (Lipinski definition) is 7. The van der Waals surface area contributed by atoms with Gasteiger partial charge in [0, 0.05) is 24.0 Å². The summed E-state index contributed by atoms with van der Waals surface area (Å²) in [4.78, 5) is 12.5. The predicted molar refractivity (Wildman–Crippen MR) is 88.1 cm³/mol. The van der Waals surface area contributed by atoms with Crippen molar-refractivity contribution in [2.24, 2.45) is 5.92 Å². The molecule has 0 radical (unpaired) electrons.